The van der Waals surface area contributed by atoms with Crippen LogP contribution in [0.2, 0.25) is 0 Å². The number of fused-ring (bicyclic) bond motifs is 1. The number of aromatic nitrogens is 5. The van der Waals surface area contributed by atoms with Gasteiger partial charge in [0.05, 0.1) is 23.4 Å². The Morgan fingerprint density at radius 2 is 1.97 bits per heavy atom. The molecule has 152 valence electrons. The number of imidazole rings is 1. The monoisotopic (exact) mass is 405 g/mol. The van der Waals surface area contributed by atoms with Crippen LogP contribution in [0.1, 0.15) is 24.3 Å². The minimum atomic E-state index is -0.618. The fourth-order valence-corrected chi connectivity index (χ4v) is 3.03. The molecule has 0 saturated carbocycles. The molecule has 0 spiro atoms. The zero-order valence-corrected chi connectivity index (χ0v) is 16.4. The molecule has 4 rings (SSSR count). The van der Waals surface area contributed by atoms with Gasteiger partial charge in [-0.15, -0.1) is 0 Å². The second-order valence-corrected chi connectivity index (χ2v) is 7.19. The van der Waals surface area contributed by atoms with Crippen molar-refractivity contribution in [3.63, 3.8) is 0 Å². The topological polar surface area (TPSA) is 120 Å². The van der Waals surface area contributed by atoms with Gasteiger partial charge in [0.1, 0.15) is 5.82 Å². The first-order valence-electron chi connectivity index (χ1n) is 9.35. The van der Waals surface area contributed by atoms with E-state index in [1.54, 1.807) is 16.7 Å². The Morgan fingerprint density at radius 3 is 2.67 bits per heavy atom. The van der Waals surface area contributed by atoms with Crippen LogP contribution in [0.25, 0.3) is 17.0 Å². The largest absolute Gasteiger partial charge is 0.390 e. The lowest BCUT2D eigenvalue weighted by Gasteiger charge is -2.06. The number of anilines is 1. The van der Waals surface area contributed by atoms with Gasteiger partial charge in [-0.05, 0) is 16.9 Å². The van der Waals surface area contributed by atoms with E-state index in [0.29, 0.717) is 12.3 Å². The summed E-state index contributed by atoms with van der Waals surface area (Å²) in [5.74, 6) is -0.0225. The van der Waals surface area contributed by atoms with Crippen molar-refractivity contribution in [3.05, 3.63) is 70.7 Å². The van der Waals surface area contributed by atoms with Gasteiger partial charge in [-0.1, -0.05) is 44.2 Å². The highest BCUT2D eigenvalue weighted by molar-refractivity contribution is 6.03. The summed E-state index contributed by atoms with van der Waals surface area (Å²) in [7, 11) is 0. The van der Waals surface area contributed by atoms with E-state index in [0.717, 1.165) is 11.3 Å². The van der Waals surface area contributed by atoms with Crippen LogP contribution in [0.15, 0.2) is 54.9 Å². The summed E-state index contributed by atoms with van der Waals surface area (Å²) < 4.78 is 3.10. The first-order valence-corrected chi connectivity index (χ1v) is 9.35. The van der Waals surface area contributed by atoms with Crippen LogP contribution in [0.5, 0.6) is 0 Å². The van der Waals surface area contributed by atoms with Crippen molar-refractivity contribution in [2.45, 2.75) is 20.4 Å². The molecule has 0 aliphatic rings. The van der Waals surface area contributed by atoms with E-state index >= 15 is 0 Å². The van der Waals surface area contributed by atoms with Crippen LogP contribution in [0.4, 0.5) is 11.6 Å². The first kappa shape index (κ1) is 19.2. The van der Waals surface area contributed by atoms with Crippen molar-refractivity contribution >= 4 is 23.3 Å². The van der Waals surface area contributed by atoms with Crippen molar-refractivity contribution < 1.29 is 9.72 Å². The number of rotatable bonds is 6. The van der Waals surface area contributed by atoms with Gasteiger partial charge in [0.2, 0.25) is 5.78 Å². The lowest BCUT2D eigenvalue weighted by molar-refractivity contribution is -0.389. The van der Waals surface area contributed by atoms with Crippen molar-refractivity contribution in [1.82, 2.24) is 24.1 Å². The highest BCUT2D eigenvalue weighted by Gasteiger charge is 2.24. The second-order valence-electron chi connectivity index (χ2n) is 7.19. The summed E-state index contributed by atoms with van der Waals surface area (Å²) >= 11 is 0. The smallest absolute Gasteiger partial charge is 0.358 e. The predicted octanol–water partition coefficient (Wildman–Crippen LogP) is 3.41. The average molecular weight is 405 g/mol. The highest BCUT2D eigenvalue weighted by atomic mass is 16.6. The normalized spacial score (nSPS) is 11.2. The van der Waals surface area contributed by atoms with Gasteiger partial charge in [-0.2, -0.15) is 9.67 Å². The Hall–Kier alpha value is -4.08. The van der Waals surface area contributed by atoms with Crippen LogP contribution in [0, 0.1) is 16.0 Å². The standard InChI is InChI=1S/C20H19N7O3/c1-13(2)11-26-16(10-18(24-26)27(29)30)19(28)22-17-8-9-25-12-15(21-20(25)23-17)14-6-4-3-5-7-14/h3-10,12-13H,11H2,1-2H3,(H,21,22,23,28). The van der Waals surface area contributed by atoms with Crippen LogP contribution in [-0.2, 0) is 6.54 Å². The van der Waals surface area contributed by atoms with Gasteiger partial charge in [-0.25, -0.2) is 4.98 Å². The number of hydrogen-bond acceptors (Lipinski definition) is 6. The van der Waals surface area contributed by atoms with E-state index in [1.807, 2.05) is 50.4 Å². The SMILES string of the molecule is CC(C)Cn1nc([N+](=O)[O-])cc1C(=O)Nc1ccn2cc(-c3ccccc3)nc2n1. The van der Waals surface area contributed by atoms with Crippen LogP contribution in [-0.4, -0.2) is 35.0 Å². The van der Waals surface area contributed by atoms with Crippen LogP contribution in [0.3, 0.4) is 0 Å². The van der Waals surface area contributed by atoms with Crippen LogP contribution >= 0.6 is 0 Å². The molecule has 0 aliphatic carbocycles. The molecule has 3 aromatic heterocycles. The molecule has 4 aromatic rings. The molecule has 0 fully saturated rings. The molecule has 10 heteroatoms. The van der Waals surface area contributed by atoms with Crippen molar-refractivity contribution in [2.75, 3.05) is 5.32 Å². The Labute approximate surface area is 171 Å². The zero-order valence-electron chi connectivity index (χ0n) is 16.4. The fraction of sp³-hybridized carbons (Fsp3) is 0.200. The summed E-state index contributed by atoms with van der Waals surface area (Å²) in [6.07, 6.45) is 3.59. The molecule has 0 saturated heterocycles. The average Bonchev–Trinajstić information content (AvgIpc) is 3.32. The Bertz CT molecular complexity index is 1230. The lowest BCUT2D eigenvalue weighted by Crippen LogP contribution is -2.20. The molecule has 0 aliphatic heterocycles. The Morgan fingerprint density at radius 1 is 1.20 bits per heavy atom. The summed E-state index contributed by atoms with van der Waals surface area (Å²) in [5, 5.41) is 17.7. The highest BCUT2D eigenvalue weighted by Crippen LogP contribution is 2.19. The van der Waals surface area contributed by atoms with E-state index in [1.165, 1.54) is 10.7 Å². The molecule has 1 aromatic carbocycles. The Balaban J connectivity index is 1.61. The van der Waals surface area contributed by atoms with Gasteiger partial charge in [0, 0.05) is 18.0 Å². The lowest BCUT2D eigenvalue weighted by atomic mass is 10.2. The number of carbonyl (C=O) groups excluding carboxylic acids is 1. The summed E-state index contributed by atoms with van der Waals surface area (Å²) in [6.45, 7) is 4.25. The van der Waals surface area contributed by atoms with Crippen molar-refractivity contribution in [1.29, 1.82) is 0 Å². The summed E-state index contributed by atoms with van der Waals surface area (Å²) in [6, 6.07) is 12.5. The summed E-state index contributed by atoms with van der Waals surface area (Å²) in [5.41, 5.74) is 1.82. The number of benzene rings is 1. The molecule has 10 nitrogen and oxygen atoms in total. The third-order valence-electron chi connectivity index (χ3n) is 4.36. The van der Waals surface area contributed by atoms with E-state index in [2.05, 4.69) is 20.4 Å². The number of amides is 1. The van der Waals surface area contributed by atoms with Gasteiger partial charge in [0.25, 0.3) is 5.91 Å². The number of nitrogens with one attached hydrogen (secondary N) is 1. The maximum absolute atomic E-state index is 12.8. The first-order chi connectivity index (χ1) is 14.4. The predicted molar refractivity (Wildman–Crippen MR) is 110 cm³/mol. The molecule has 0 bridgehead atoms. The Kier molecular flexibility index (Phi) is 4.97. The van der Waals surface area contributed by atoms with Crippen molar-refractivity contribution in [2.24, 2.45) is 5.92 Å². The molecule has 0 radical (unpaired) electrons. The second kappa shape index (κ2) is 7.74. The quantitative estimate of drug-likeness (QED) is 0.388. The fourth-order valence-electron chi connectivity index (χ4n) is 3.03. The summed E-state index contributed by atoms with van der Waals surface area (Å²) in [4.78, 5) is 32.1. The van der Waals surface area contributed by atoms with E-state index in [9.17, 15) is 14.9 Å². The number of nitrogens with zero attached hydrogens (tertiary/aromatic N) is 6. The molecule has 30 heavy (non-hydrogen) atoms. The zero-order chi connectivity index (χ0) is 21.3. The molecular weight excluding hydrogens is 386 g/mol. The third kappa shape index (κ3) is 3.88. The number of nitro groups is 1. The third-order valence-corrected chi connectivity index (χ3v) is 4.36. The molecule has 0 unspecified atom stereocenters. The van der Waals surface area contributed by atoms with Crippen molar-refractivity contribution in [3.8, 4) is 11.3 Å². The molecule has 1 N–H and O–H groups in total. The number of hydrogen-bond donors (Lipinski definition) is 1. The minimum Gasteiger partial charge on any atom is -0.358 e. The maximum Gasteiger partial charge on any atom is 0.390 e. The molecule has 0 atom stereocenters. The minimum absolute atomic E-state index is 0.102. The van der Waals surface area contributed by atoms with Crippen LogP contribution < -0.4 is 5.32 Å². The molecule has 3 heterocycles. The molecular formula is C20H19N7O3. The van der Waals surface area contributed by atoms with Gasteiger partial charge in [0.15, 0.2) is 5.69 Å². The van der Waals surface area contributed by atoms with Gasteiger partial charge < -0.3 is 15.4 Å². The number of carbonyl (C=O) groups is 1. The van der Waals surface area contributed by atoms with E-state index in [-0.39, 0.29) is 23.2 Å². The maximum atomic E-state index is 12.8. The van der Waals surface area contributed by atoms with Gasteiger partial charge >= 0.3 is 5.82 Å². The van der Waals surface area contributed by atoms with E-state index < -0.39 is 10.8 Å². The van der Waals surface area contributed by atoms with Gasteiger partial charge in [-0.3, -0.25) is 9.20 Å². The van der Waals surface area contributed by atoms with E-state index in [4.69, 9.17) is 0 Å². The molecule has 1 amide bonds.